The second-order valence-corrected chi connectivity index (χ2v) is 5.60. The second-order valence-electron chi connectivity index (χ2n) is 4.68. The molecule has 0 fully saturated rings. The Morgan fingerprint density at radius 2 is 1.96 bits per heavy atom. The molecule has 1 heterocycles. The van der Waals surface area contributed by atoms with Crippen LogP contribution in [-0.4, -0.2) is 32.2 Å². The van der Waals surface area contributed by atoms with E-state index in [1.165, 1.54) is 18.3 Å². The molecule has 1 unspecified atom stereocenters. The summed E-state index contributed by atoms with van der Waals surface area (Å²) < 4.78 is 24.6. The normalized spacial score (nSPS) is 10.9. The minimum atomic E-state index is -2.20. The van der Waals surface area contributed by atoms with Crippen molar-refractivity contribution in [2.75, 3.05) is 6.54 Å². The first-order chi connectivity index (χ1) is 12.1. The molecular weight excluding hydrogens is 344 g/mol. The summed E-state index contributed by atoms with van der Waals surface area (Å²) in [6, 6.07) is 11.8. The van der Waals surface area contributed by atoms with Gasteiger partial charge in [-0.3, -0.25) is 4.79 Å². The van der Waals surface area contributed by atoms with Crippen LogP contribution < -0.4 is 5.32 Å². The second kappa shape index (κ2) is 9.32. The summed E-state index contributed by atoms with van der Waals surface area (Å²) in [5.41, 5.74) is 1.06. The number of hydrogen-bond acceptors (Lipinski definition) is 5. The Morgan fingerprint density at radius 3 is 2.60 bits per heavy atom. The molecule has 0 aliphatic rings. The number of amides is 1. The Bertz CT molecular complexity index is 826. The van der Waals surface area contributed by atoms with E-state index in [0.29, 0.717) is 0 Å². The van der Waals surface area contributed by atoms with Crippen LogP contribution in [0.2, 0.25) is 0 Å². The van der Waals surface area contributed by atoms with Crippen LogP contribution in [0.5, 0.6) is 0 Å². The lowest BCUT2D eigenvalue weighted by molar-refractivity contribution is -0.137. The van der Waals surface area contributed by atoms with E-state index >= 15 is 0 Å². The van der Waals surface area contributed by atoms with Crippen LogP contribution in [-0.2, 0) is 27.2 Å². The highest BCUT2D eigenvalue weighted by molar-refractivity contribution is 7.79. The molecular formula is C17H14N2O5S. The van der Waals surface area contributed by atoms with Crippen molar-refractivity contribution in [2.24, 2.45) is 0 Å². The minimum Gasteiger partial charge on any atom is -0.451 e. The SMILES string of the molecule is O=C(C#CCNC(=O)c1ccc(S(=O)O)nc1)OCc1ccccc1. The predicted molar refractivity (Wildman–Crippen MR) is 89.6 cm³/mol. The summed E-state index contributed by atoms with van der Waals surface area (Å²) >= 11 is -2.20. The molecule has 7 nitrogen and oxygen atoms in total. The Hall–Kier alpha value is -3.02. The number of nitrogens with zero attached hydrogens (tertiary/aromatic N) is 1. The summed E-state index contributed by atoms with van der Waals surface area (Å²) in [5, 5.41) is 2.43. The van der Waals surface area contributed by atoms with Gasteiger partial charge < -0.3 is 14.6 Å². The van der Waals surface area contributed by atoms with Gasteiger partial charge in [-0.25, -0.2) is 14.0 Å². The quantitative estimate of drug-likeness (QED) is 0.359. The maximum Gasteiger partial charge on any atom is 0.384 e. The predicted octanol–water partition coefficient (Wildman–Crippen LogP) is 1.14. The van der Waals surface area contributed by atoms with Crippen LogP contribution in [0.4, 0.5) is 0 Å². The van der Waals surface area contributed by atoms with E-state index in [4.69, 9.17) is 9.29 Å². The number of ether oxygens (including phenoxy) is 1. The maximum absolute atomic E-state index is 11.8. The molecule has 1 aromatic heterocycles. The van der Waals surface area contributed by atoms with Gasteiger partial charge >= 0.3 is 5.97 Å². The van der Waals surface area contributed by atoms with Gasteiger partial charge in [-0.1, -0.05) is 36.3 Å². The molecule has 0 bridgehead atoms. The van der Waals surface area contributed by atoms with Crippen molar-refractivity contribution in [1.82, 2.24) is 10.3 Å². The van der Waals surface area contributed by atoms with Crippen LogP contribution in [0.15, 0.2) is 53.7 Å². The van der Waals surface area contributed by atoms with Crippen LogP contribution in [0.25, 0.3) is 0 Å². The molecule has 0 saturated carbocycles. The van der Waals surface area contributed by atoms with Crippen molar-refractivity contribution in [3.63, 3.8) is 0 Å². The van der Waals surface area contributed by atoms with Crippen LogP contribution in [0.3, 0.4) is 0 Å². The van der Waals surface area contributed by atoms with Gasteiger partial charge in [-0.2, -0.15) is 0 Å². The van der Waals surface area contributed by atoms with E-state index in [1.54, 1.807) is 0 Å². The molecule has 0 radical (unpaired) electrons. The van der Waals surface area contributed by atoms with E-state index in [0.717, 1.165) is 5.56 Å². The van der Waals surface area contributed by atoms with Crippen LogP contribution in [0, 0.1) is 11.8 Å². The zero-order chi connectivity index (χ0) is 18.1. The minimum absolute atomic E-state index is 0.0440. The number of pyridine rings is 1. The van der Waals surface area contributed by atoms with Gasteiger partial charge in [0.15, 0.2) is 5.03 Å². The highest BCUT2D eigenvalue weighted by Gasteiger charge is 2.07. The maximum atomic E-state index is 11.8. The fourth-order valence-corrected chi connectivity index (χ4v) is 2.05. The molecule has 0 aliphatic heterocycles. The molecule has 1 amide bonds. The van der Waals surface area contributed by atoms with Crippen molar-refractivity contribution in [3.8, 4) is 11.8 Å². The summed E-state index contributed by atoms with van der Waals surface area (Å²) in [4.78, 5) is 27.0. The summed E-state index contributed by atoms with van der Waals surface area (Å²) in [6.07, 6.45) is 1.18. The first-order valence-electron chi connectivity index (χ1n) is 7.11. The van der Waals surface area contributed by atoms with Crippen LogP contribution in [0.1, 0.15) is 15.9 Å². The molecule has 2 rings (SSSR count). The molecule has 0 spiro atoms. The van der Waals surface area contributed by atoms with E-state index in [2.05, 4.69) is 22.1 Å². The van der Waals surface area contributed by atoms with Gasteiger partial charge in [0, 0.05) is 12.1 Å². The van der Waals surface area contributed by atoms with Gasteiger partial charge in [-0.05, 0) is 17.7 Å². The zero-order valence-electron chi connectivity index (χ0n) is 13.0. The average molecular weight is 358 g/mol. The third-order valence-electron chi connectivity index (χ3n) is 2.92. The van der Waals surface area contributed by atoms with Crippen LogP contribution >= 0.6 is 0 Å². The number of rotatable bonds is 5. The van der Waals surface area contributed by atoms with E-state index in [-0.39, 0.29) is 23.7 Å². The third kappa shape index (κ3) is 6.18. The summed E-state index contributed by atoms with van der Waals surface area (Å²) in [5.74, 6) is 3.61. The molecule has 0 aliphatic carbocycles. The Kier molecular flexibility index (Phi) is 6.83. The van der Waals surface area contributed by atoms with Gasteiger partial charge in [0.05, 0.1) is 12.1 Å². The monoisotopic (exact) mass is 358 g/mol. The van der Waals surface area contributed by atoms with Crippen molar-refractivity contribution in [1.29, 1.82) is 0 Å². The molecule has 1 atom stereocenters. The lowest BCUT2D eigenvalue weighted by Gasteiger charge is -2.01. The Balaban J connectivity index is 1.76. The lowest BCUT2D eigenvalue weighted by Crippen LogP contribution is -2.24. The van der Waals surface area contributed by atoms with Crippen molar-refractivity contribution in [3.05, 3.63) is 59.8 Å². The van der Waals surface area contributed by atoms with Crippen molar-refractivity contribution in [2.45, 2.75) is 11.6 Å². The zero-order valence-corrected chi connectivity index (χ0v) is 13.8. The standard InChI is InChI=1S/C17H14N2O5S/c20-16(24-12-13-5-2-1-3-6-13)7-4-10-18-17(21)14-8-9-15(19-11-14)25(22)23/h1-3,5-6,8-9,11H,10,12H2,(H,18,21)(H,22,23). The van der Waals surface area contributed by atoms with Gasteiger partial charge in [-0.15, -0.1) is 0 Å². The first kappa shape index (κ1) is 18.3. The number of benzene rings is 1. The fourth-order valence-electron chi connectivity index (χ4n) is 1.72. The van der Waals surface area contributed by atoms with Crippen molar-refractivity contribution < 1.29 is 23.1 Å². The van der Waals surface area contributed by atoms with Crippen molar-refractivity contribution >= 4 is 23.0 Å². The number of carbonyl (C=O) groups excluding carboxylic acids is 2. The van der Waals surface area contributed by atoms with E-state index in [1.807, 2.05) is 30.3 Å². The Labute approximate surface area is 146 Å². The number of aromatic nitrogens is 1. The fraction of sp³-hybridized carbons (Fsp3) is 0.118. The summed E-state index contributed by atoms with van der Waals surface area (Å²) in [7, 11) is 0. The number of carbonyl (C=O) groups is 2. The molecule has 8 heteroatoms. The van der Waals surface area contributed by atoms with Gasteiger partial charge in [0.25, 0.3) is 5.91 Å². The summed E-state index contributed by atoms with van der Waals surface area (Å²) in [6.45, 7) is 0.0813. The molecule has 0 saturated heterocycles. The molecule has 1 aromatic carbocycles. The molecule has 128 valence electrons. The topological polar surface area (TPSA) is 106 Å². The number of nitrogens with one attached hydrogen (secondary N) is 1. The average Bonchev–Trinajstić information content (AvgIpc) is 2.64. The molecule has 2 aromatic rings. The van der Waals surface area contributed by atoms with Gasteiger partial charge in [0.2, 0.25) is 11.1 Å². The first-order valence-corrected chi connectivity index (χ1v) is 8.21. The van der Waals surface area contributed by atoms with Gasteiger partial charge in [0.1, 0.15) is 6.61 Å². The molecule has 25 heavy (non-hydrogen) atoms. The number of esters is 1. The molecule has 2 N–H and O–H groups in total. The van der Waals surface area contributed by atoms with E-state index in [9.17, 15) is 13.8 Å². The largest absolute Gasteiger partial charge is 0.451 e. The van der Waals surface area contributed by atoms with E-state index < -0.39 is 23.0 Å². The number of hydrogen-bond donors (Lipinski definition) is 2. The third-order valence-corrected chi connectivity index (χ3v) is 3.52. The Morgan fingerprint density at radius 1 is 1.20 bits per heavy atom. The smallest absolute Gasteiger partial charge is 0.384 e. The highest BCUT2D eigenvalue weighted by Crippen LogP contribution is 2.03. The highest BCUT2D eigenvalue weighted by atomic mass is 32.2. The lowest BCUT2D eigenvalue weighted by atomic mass is 10.2.